The number of benzene rings is 1. The fourth-order valence-electron chi connectivity index (χ4n) is 2.00. The van der Waals surface area contributed by atoms with Crippen LogP contribution in [0, 0.1) is 0 Å². The molecule has 0 atom stereocenters. The summed E-state index contributed by atoms with van der Waals surface area (Å²) in [4.78, 5) is 16.6. The highest BCUT2D eigenvalue weighted by molar-refractivity contribution is 9.10. The minimum absolute atomic E-state index is 0.169. The highest BCUT2D eigenvalue weighted by Crippen LogP contribution is 2.11. The van der Waals surface area contributed by atoms with Crippen molar-refractivity contribution < 1.29 is 0 Å². The third-order valence-electron chi connectivity index (χ3n) is 3.06. The monoisotopic (exact) mass is 333 g/mol. The first-order valence-corrected chi connectivity index (χ1v) is 7.01. The van der Waals surface area contributed by atoms with E-state index in [0.717, 1.165) is 10.0 Å². The van der Waals surface area contributed by atoms with Gasteiger partial charge >= 0.3 is 0 Å². The van der Waals surface area contributed by atoms with Crippen LogP contribution in [-0.2, 0) is 13.1 Å². The molecule has 1 aromatic carbocycles. The van der Waals surface area contributed by atoms with Crippen LogP contribution in [0.4, 0.5) is 0 Å². The minimum atomic E-state index is -0.169. The van der Waals surface area contributed by atoms with Gasteiger partial charge in [0, 0.05) is 11.0 Å². The maximum absolute atomic E-state index is 12.3. The molecule has 0 radical (unpaired) electrons. The second-order valence-electron chi connectivity index (χ2n) is 4.38. The molecule has 0 aliphatic heterocycles. The molecule has 2 aromatic heterocycles. The topological polar surface area (TPSA) is 65.6 Å². The number of aromatic nitrogens is 5. The molecule has 3 rings (SSSR count). The van der Waals surface area contributed by atoms with Crippen molar-refractivity contribution in [3.8, 4) is 0 Å². The highest BCUT2D eigenvalue weighted by Gasteiger charge is 2.11. The first-order valence-electron chi connectivity index (χ1n) is 6.22. The molecule has 3 aromatic rings. The molecule has 0 saturated carbocycles. The van der Waals surface area contributed by atoms with Gasteiger partial charge in [0.1, 0.15) is 6.33 Å². The fourth-order valence-corrected chi connectivity index (χ4v) is 2.26. The largest absolute Gasteiger partial charge is 0.293 e. The van der Waals surface area contributed by atoms with Gasteiger partial charge in [-0.15, -0.1) is 5.10 Å². The molecule has 102 valence electrons. The van der Waals surface area contributed by atoms with E-state index in [1.807, 2.05) is 31.2 Å². The van der Waals surface area contributed by atoms with Crippen LogP contribution in [0.5, 0.6) is 0 Å². The van der Waals surface area contributed by atoms with Crippen LogP contribution in [0.2, 0.25) is 0 Å². The second-order valence-corrected chi connectivity index (χ2v) is 5.30. The molecule has 2 heterocycles. The predicted molar refractivity (Wildman–Crippen MR) is 78.5 cm³/mol. The van der Waals surface area contributed by atoms with E-state index in [0.29, 0.717) is 24.3 Å². The summed E-state index contributed by atoms with van der Waals surface area (Å²) in [6.45, 7) is 3.04. The number of nitrogens with zero attached hydrogens (tertiary/aromatic N) is 5. The number of rotatable bonds is 3. The van der Waals surface area contributed by atoms with Gasteiger partial charge in [-0.25, -0.2) is 9.67 Å². The molecule has 7 heteroatoms. The van der Waals surface area contributed by atoms with Crippen LogP contribution >= 0.6 is 15.9 Å². The van der Waals surface area contributed by atoms with Crippen molar-refractivity contribution in [3.63, 3.8) is 0 Å². The zero-order valence-electron chi connectivity index (χ0n) is 10.8. The maximum atomic E-state index is 12.3. The molecule has 6 nitrogen and oxygen atoms in total. The van der Waals surface area contributed by atoms with Crippen LogP contribution in [0.1, 0.15) is 12.5 Å². The van der Waals surface area contributed by atoms with Crippen LogP contribution in [-0.4, -0.2) is 24.5 Å². The van der Waals surface area contributed by atoms with Crippen molar-refractivity contribution >= 4 is 27.1 Å². The van der Waals surface area contributed by atoms with Crippen molar-refractivity contribution in [3.05, 3.63) is 51.0 Å². The Labute approximate surface area is 123 Å². The number of halogens is 1. The SMILES string of the molecule is CCn1nnc2c(=O)n(Cc3ccc(Br)cc3)cnc21. The molecule has 0 N–H and O–H groups in total. The zero-order valence-corrected chi connectivity index (χ0v) is 12.4. The van der Waals surface area contributed by atoms with Gasteiger partial charge in [0.25, 0.3) is 5.56 Å². The summed E-state index contributed by atoms with van der Waals surface area (Å²) in [6.07, 6.45) is 1.54. The van der Waals surface area contributed by atoms with E-state index in [2.05, 4.69) is 31.2 Å². The Morgan fingerprint density at radius 2 is 2.00 bits per heavy atom. The van der Waals surface area contributed by atoms with E-state index in [1.54, 1.807) is 15.6 Å². The van der Waals surface area contributed by atoms with Crippen molar-refractivity contribution in [1.82, 2.24) is 24.5 Å². The van der Waals surface area contributed by atoms with Crippen molar-refractivity contribution in [2.24, 2.45) is 0 Å². The van der Waals surface area contributed by atoms with Crippen molar-refractivity contribution in [2.45, 2.75) is 20.0 Å². The predicted octanol–water partition coefficient (Wildman–Crippen LogP) is 1.82. The van der Waals surface area contributed by atoms with E-state index < -0.39 is 0 Å². The van der Waals surface area contributed by atoms with Crippen LogP contribution in [0.15, 0.2) is 39.9 Å². The molecule has 0 aliphatic rings. The summed E-state index contributed by atoms with van der Waals surface area (Å²) in [5, 5.41) is 7.83. The van der Waals surface area contributed by atoms with Crippen LogP contribution in [0.3, 0.4) is 0 Å². The molecular weight excluding hydrogens is 322 g/mol. The van der Waals surface area contributed by atoms with Gasteiger partial charge in [-0.3, -0.25) is 9.36 Å². The molecule has 0 bridgehead atoms. The first-order chi connectivity index (χ1) is 9.69. The Morgan fingerprint density at radius 3 is 2.70 bits per heavy atom. The second kappa shape index (κ2) is 5.16. The Bertz CT molecular complexity index is 806. The lowest BCUT2D eigenvalue weighted by molar-refractivity contribution is 0.640. The van der Waals surface area contributed by atoms with E-state index in [9.17, 15) is 4.79 Å². The summed E-state index contributed by atoms with van der Waals surface area (Å²) in [5.41, 5.74) is 1.70. The average molecular weight is 334 g/mol. The molecule has 0 fully saturated rings. The summed E-state index contributed by atoms with van der Waals surface area (Å²) in [5.74, 6) is 0. The summed E-state index contributed by atoms with van der Waals surface area (Å²) in [7, 11) is 0. The lowest BCUT2D eigenvalue weighted by Crippen LogP contribution is -2.21. The highest BCUT2D eigenvalue weighted by atomic mass is 79.9. The van der Waals surface area contributed by atoms with E-state index in [-0.39, 0.29) is 5.56 Å². The fraction of sp³-hybridized carbons (Fsp3) is 0.231. The first kappa shape index (κ1) is 13.0. The maximum Gasteiger partial charge on any atom is 0.283 e. The van der Waals surface area contributed by atoms with E-state index in [1.165, 1.54) is 0 Å². The molecule has 0 amide bonds. The minimum Gasteiger partial charge on any atom is -0.293 e. The third-order valence-corrected chi connectivity index (χ3v) is 3.59. The summed E-state index contributed by atoms with van der Waals surface area (Å²) >= 11 is 3.39. The summed E-state index contributed by atoms with van der Waals surface area (Å²) < 4.78 is 4.16. The quantitative estimate of drug-likeness (QED) is 0.733. The van der Waals surface area contributed by atoms with Crippen molar-refractivity contribution in [2.75, 3.05) is 0 Å². The van der Waals surface area contributed by atoms with Gasteiger partial charge in [-0.2, -0.15) is 0 Å². The Morgan fingerprint density at radius 1 is 1.25 bits per heavy atom. The van der Waals surface area contributed by atoms with Gasteiger partial charge in [0.2, 0.25) is 0 Å². The Kier molecular flexibility index (Phi) is 3.35. The Hall–Kier alpha value is -2.02. The van der Waals surface area contributed by atoms with Crippen LogP contribution in [0.25, 0.3) is 11.2 Å². The lowest BCUT2D eigenvalue weighted by atomic mass is 10.2. The number of hydrogen-bond donors (Lipinski definition) is 0. The van der Waals surface area contributed by atoms with Crippen LogP contribution < -0.4 is 5.56 Å². The Balaban J connectivity index is 2.02. The standard InChI is InChI=1S/C13H12BrN5O/c1-2-19-12-11(16-17-19)13(20)18(8-15-12)7-9-3-5-10(14)6-4-9/h3-6,8H,2,7H2,1H3. The molecule has 0 saturated heterocycles. The normalized spacial score (nSPS) is 11.1. The summed E-state index contributed by atoms with van der Waals surface area (Å²) in [6, 6.07) is 7.81. The van der Waals surface area contributed by atoms with E-state index in [4.69, 9.17) is 0 Å². The smallest absolute Gasteiger partial charge is 0.283 e. The zero-order chi connectivity index (χ0) is 14.1. The van der Waals surface area contributed by atoms with Crippen molar-refractivity contribution in [1.29, 1.82) is 0 Å². The van der Waals surface area contributed by atoms with Gasteiger partial charge < -0.3 is 0 Å². The van der Waals surface area contributed by atoms with E-state index >= 15 is 0 Å². The van der Waals surface area contributed by atoms with Gasteiger partial charge in [0.15, 0.2) is 11.2 Å². The number of fused-ring (bicyclic) bond motifs is 1. The molecular formula is C13H12BrN5O. The molecule has 0 aliphatic carbocycles. The van der Waals surface area contributed by atoms with Gasteiger partial charge in [-0.1, -0.05) is 33.3 Å². The molecule has 20 heavy (non-hydrogen) atoms. The number of aryl methyl sites for hydroxylation is 1. The molecule has 0 spiro atoms. The third kappa shape index (κ3) is 2.24. The number of hydrogen-bond acceptors (Lipinski definition) is 4. The lowest BCUT2D eigenvalue weighted by Gasteiger charge is -2.05. The van der Waals surface area contributed by atoms with Gasteiger partial charge in [-0.05, 0) is 24.6 Å². The van der Waals surface area contributed by atoms with Gasteiger partial charge in [0.05, 0.1) is 6.54 Å². The average Bonchev–Trinajstić information content (AvgIpc) is 2.88. The molecule has 0 unspecified atom stereocenters.